The Labute approximate surface area is 91.1 Å². The molecule has 0 aromatic carbocycles. The van der Waals surface area contributed by atoms with Gasteiger partial charge in [-0.3, -0.25) is 0 Å². The van der Waals surface area contributed by atoms with E-state index in [1.807, 2.05) is 6.92 Å². The molecule has 1 saturated heterocycles. The smallest absolute Gasteiger partial charge is 0.216 e. The van der Waals surface area contributed by atoms with E-state index in [4.69, 9.17) is 4.74 Å². The lowest BCUT2D eigenvalue weighted by atomic mass is 10.1. The summed E-state index contributed by atoms with van der Waals surface area (Å²) in [4.78, 5) is 0. The first-order valence-electron chi connectivity index (χ1n) is 5.30. The molecule has 1 N–H and O–H groups in total. The van der Waals surface area contributed by atoms with Crippen molar-refractivity contribution in [2.45, 2.75) is 25.9 Å². The maximum absolute atomic E-state index is 11.7. The highest BCUT2D eigenvalue weighted by Crippen LogP contribution is 2.13. The molecule has 5 nitrogen and oxygen atoms in total. The minimum Gasteiger partial charge on any atom is -0.392 e. The Morgan fingerprint density at radius 1 is 1.53 bits per heavy atom. The molecule has 0 spiro atoms. The van der Waals surface area contributed by atoms with Crippen LogP contribution >= 0.6 is 0 Å². The Kier molecular flexibility index (Phi) is 4.98. The molecule has 90 valence electrons. The monoisotopic (exact) mass is 237 g/mol. The molecule has 1 atom stereocenters. The maximum atomic E-state index is 11.7. The second-order valence-electron chi connectivity index (χ2n) is 3.67. The summed E-state index contributed by atoms with van der Waals surface area (Å²) in [5.74, 6) is 0.00750. The van der Waals surface area contributed by atoms with Gasteiger partial charge in [0.2, 0.25) is 10.0 Å². The van der Waals surface area contributed by atoms with Crippen LogP contribution in [0.1, 0.15) is 19.8 Å². The molecule has 1 aliphatic rings. The van der Waals surface area contributed by atoms with Crippen molar-refractivity contribution in [3.8, 4) is 0 Å². The summed E-state index contributed by atoms with van der Waals surface area (Å²) in [6, 6.07) is 0. The van der Waals surface area contributed by atoms with Gasteiger partial charge in [-0.2, -0.15) is 4.31 Å². The molecule has 0 aromatic heterocycles. The zero-order valence-corrected chi connectivity index (χ0v) is 9.87. The number of nitrogens with zero attached hydrogens (tertiary/aromatic N) is 1. The van der Waals surface area contributed by atoms with Gasteiger partial charge in [0, 0.05) is 19.7 Å². The number of sulfonamides is 1. The molecule has 0 bridgehead atoms. The van der Waals surface area contributed by atoms with E-state index in [0.717, 1.165) is 6.42 Å². The van der Waals surface area contributed by atoms with Crippen LogP contribution in [-0.2, 0) is 14.8 Å². The Hall–Kier alpha value is -0.170. The molecule has 15 heavy (non-hydrogen) atoms. The van der Waals surface area contributed by atoms with E-state index in [2.05, 4.69) is 0 Å². The van der Waals surface area contributed by atoms with Crippen molar-refractivity contribution in [1.82, 2.24) is 4.31 Å². The Morgan fingerprint density at radius 3 is 2.87 bits per heavy atom. The quantitative estimate of drug-likeness (QED) is 0.673. The second-order valence-corrected chi connectivity index (χ2v) is 5.76. The lowest BCUT2D eigenvalue weighted by Crippen LogP contribution is -2.43. The third kappa shape index (κ3) is 4.06. The molecule has 0 unspecified atom stereocenters. The highest BCUT2D eigenvalue weighted by atomic mass is 32.2. The van der Waals surface area contributed by atoms with Crippen molar-refractivity contribution in [2.75, 3.05) is 32.1 Å². The number of piperidine rings is 1. The van der Waals surface area contributed by atoms with Crippen LogP contribution in [0.4, 0.5) is 0 Å². The van der Waals surface area contributed by atoms with E-state index in [9.17, 15) is 13.5 Å². The summed E-state index contributed by atoms with van der Waals surface area (Å²) in [5, 5.41) is 9.38. The highest BCUT2D eigenvalue weighted by molar-refractivity contribution is 7.89. The number of aliphatic hydroxyl groups excluding tert-OH is 1. The zero-order chi connectivity index (χ0) is 11.3. The summed E-state index contributed by atoms with van der Waals surface area (Å²) in [5.41, 5.74) is 0. The van der Waals surface area contributed by atoms with Gasteiger partial charge in [0.15, 0.2) is 0 Å². The van der Waals surface area contributed by atoms with Gasteiger partial charge in [-0.1, -0.05) is 0 Å². The third-order valence-corrected chi connectivity index (χ3v) is 4.24. The average Bonchev–Trinajstić information content (AvgIpc) is 2.18. The van der Waals surface area contributed by atoms with Crippen LogP contribution in [0.25, 0.3) is 0 Å². The number of ether oxygens (including phenoxy) is 1. The molecule has 1 aliphatic heterocycles. The lowest BCUT2D eigenvalue weighted by Gasteiger charge is -2.29. The van der Waals surface area contributed by atoms with Gasteiger partial charge in [0.25, 0.3) is 0 Å². The van der Waals surface area contributed by atoms with E-state index in [1.54, 1.807) is 0 Å². The predicted molar refractivity (Wildman–Crippen MR) is 57.1 cm³/mol. The van der Waals surface area contributed by atoms with Crippen molar-refractivity contribution in [3.63, 3.8) is 0 Å². The van der Waals surface area contributed by atoms with Crippen LogP contribution in [0.15, 0.2) is 0 Å². The first-order valence-corrected chi connectivity index (χ1v) is 6.91. The van der Waals surface area contributed by atoms with Gasteiger partial charge in [-0.15, -0.1) is 0 Å². The second kappa shape index (κ2) is 5.79. The van der Waals surface area contributed by atoms with E-state index >= 15 is 0 Å². The predicted octanol–water partition coefficient (Wildman–Crippen LogP) is -0.191. The van der Waals surface area contributed by atoms with Crippen molar-refractivity contribution in [2.24, 2.45) is 0 Å². The van der Waals surface area contributed by atoms with Gasteiger partial charge in [0.05, 0.1) is 18.5 Å². The van der Waals surface area contributed by atoms with Gasteiger partial charge >= 0.3 is 0 Å². The molecule has 1 rings (SSSR count). The van der Waals surface area contributed by atoms with E-state index in [1.165, 1.54) is 4.31 Å². The normalized spacial score (nSPS) is 24.3. The van der Waals surface area contributed by atoms with E-state index in [0.29, 0.717) is 19.6 Å². The molecular formula is C9H19NO4S. The number of β-amino-alcohol motifs (C(OH)–C–C–N with tert-alkyl or cyclic N) is 1. The summed E-state index contributed by atoms with van der Waals surface area (Å²) in [6.45, 7) is 3.33. The van der Waals surface area contributed by atoms with E-state index < -0.39 is 16.1 Å². The molecule has 0 radical (unpaired) electrons. The topological polar surface area (TPSA) is 66.8 Å². The third-order valence-electron chi connectivity index (χ3n) is 2.44. The summed E-state index contributed by atoms with van der Waals surface area (Å²) in [6.07, 6.45) is 0.910. The van der Waals surface area contributed by atoms with Crippen LogP contribution in [0, 0.1) is 0 Å². The molecule has 6 heteroatoms. The van der Waals surface area contributed by atoms with Crippen molar-refractivity contribution in [1.29, 1.82) is 0 Å². The van der Waals surface area contributed by atoms with Crippen LogP contribution in [0.5, 0.6) is 0 Å². The molecule has 0 aromatic rings. The van der Waals surface area contributed by atoms with Crippen molar-refractivity contribution >= 4 is 10.0 Å². The lowest BCUT2D eigenvalue weighted by molar-refractivity contribution is 0.107. The Bertz CT molecular complexity index is 278. The first-order chi connectivity index (χ1) is 7.06. The zero-order valence-electron chi connectivity index (χ0n) is 9.05. The SMILES string of the molecule is CCOCCS(=O)(=O)N1CCC[C@H](O)C1. The van der Waals surface area contributed by atoms with Crippen LogP contribution in [0.2, 0.25) is 0 Å². The molecular weight excluding hydrogens is 218 g/mol. The summed E-state index contributed by atoms with van der Waals surface area (Å²) < 4.78 is 29.9. The molecule has 0 aliphatic carbocycles. The number of hydrogen-bond acceptors (Lipinski definition) is 4. The Balaban J connectivity index is 2.45. The van der Waals surface area contributed by atoms with Crippen LogP contribution in [0.3, 0.4) is 0 Å². The van der Waals surface area contributed by atoms with Gasteiger partial charge in [-0.05, 0) is 19.8 Å². The molecule has 1 fully saturated rings. The van der Waals surface area contributed by atoms with E-state index in [-0.39, 0.29) is 18.9 Å². The molecule has 1 heterocycles. The molecule has 0 saturated carbocycles. The Morgan fingerprint density at radius 2 is 2.27 bits per heavy atom. The fraction of sp³-hybridized carbons (Fsp3) is 1.00. The van der Waals surface area contributed by atoms with Gasteiger partial charge in [-0.25, -0.2) is 8.42 Å². The minimum atomic E-state index is -3.24. The standard InChI is InChI=1S/C9H19NO4S/c1-2-14-6-7-15(12,13)10-5-3-4-9(11)8-10/h9,11H,2-8H2,1H3/t9-/m0/s1. The molecule has 0 amide bonds. The van der Waals surface area contributed by atoms with Gasteiger partial charge < -0.3 is 9.84 Å². The number of aliphatic hydroxyl groups is 1. The number of rotatable bonds is 5. The van der Waals surface area contributed by atoms with Crippen LogP contribution in [-0.4, -0.2) is 56.0 Å². The summed E-state index contributed by atoms with van der Waals surface area (Å²) in [7, 11) is -3.24. The van der Waals surface area contributed by atoms with Crippen molar-refractivity contribution < 1.29 is 18.3 Å². The first kappa shape index (κ1) is 12.9. The van der Waals surface area contributed by atoms with Crippen molar-refractivity contribution in [3.05, 3.63) is 0 Å². The van der Waals surface area contributed by atoms with Gasteiger partial charge in [0.1, 0.15) is 0 Å². The largest absolute Gasteiger partial charge is 0.392 e. The highest BCUT2D eigenvalue weighted by Gasteiger charge is 2.27. The summed E-state index contributed by atoms with van der Waals surface area (Å²) >= 11 is 0. The average molecular weight is 237 g/mol. The minimum absolute atomic E-state index is 0.00750. The number of hydrogen-bond donors (Lipinski definition) is 1. The van der Waals surface area contributed by atoms with Crippen LogP contribution < -0.4 is 0 Å². The fourth-order valence-corrected chi connectivity index (χ4v) is 3.00. The maximum Gasteiger partial charge on any atom is 0.216 e. The fourth-order valence-electron chi connectivity index (χ4n) is 1.61.